The monoisotopic (exact) mass is 376 g/mol. The zero-order valence-corrected chi connectivity index (χ0v) is 16.2. The minimum absolute atomic E-state index is 0.797. The van der Waals surface area contributed by atoms with Crippen LogP contribution in [0.5, 0.6) is 0 Å². The molecule has 0 aliphatic rings. The van der Waals surface area contributed by atoms with Crippen LogP contribution in [-0.4, -0.2) is 19.7 Å². The number of hydrogen-bond donors (Lipinski definition) is 0. The fourth-order valence-electron chi connectivity index (χ4n) is 3.72. The van der Waals surface area contributed by atoms with Crippen LogP contribution in [-0.2, 0) is 6.42 Å². The van der Waals surface area contributed by atoms with E-state index in [9.17, 15) is 0 Å². The van der Waals surface area contributed by atoms with Crippen molar-refractivity contribution < 1.29 is 0 Å². The van der Waals surface area contributed by atoms with E-state index in [1.54, 1.807) is 0 Å². The highest BCUT2D eigenvalue weighted by molar-refractivity contribution is 5.90. The van der Waals surface area contributed by atoms with Crippen LogP contribution in [0, 0.1) is 0 Å². The molecule has 29 heavy (non-hydrogen) atoms. The predicted octanol–water partition coefficient (Wildman–Crippen LogP) is 5.71. The summed E-state index contributed by atoms with van der Waals surface area (Å²) in [6, 6.07) is 27.2. The summed E-state index contributed by atoms with van der Waals surface area (Å²) in [5.41, 5.74) is 4.48. The first-order chi connectivity index (χ1) is 14.3. The first kappa shape index (κ1) is 17.3. The van der Waals surface area contributed by atoms with Gasteiger partial charge in [-0.3, -0.25) is 9.55 Å². The van der Waals surface area contributed by atoms with Gasteiger partial charge in [-0.1, -0.05) is 73.7 Å². The van der Waals surface area contributed by atoms with Crippen LogP contribution >= 0.6 is 0 Å². The maximum Gasteiger partial charge on any atom is 0.168 e. The molecule has 4 heteroatoms. The number of hydrogen-bond acceptors (Lipinski definition) is 3. The standard InChI is InChI=1S/C25H20N4/c1-2-24-27-28-25(21-13-11-19(12-14-21)18-7-4-3-5-8-18)29(24)23-10-6-9-20-15-16-26-17-22(20)23/h3-17H,2H2,1H3. The van der Waals surface area contributed by atoms with E-state index >= 15 is 0 Å². The van der Waals surface area contributed by atoms with Gasteiger partial charge < -0.3 is 0 Å². The van der Waals surface area contributed by atoms with Gasteiger partial charge in [0.15, 0.2) is 5.82 Å². The molecule has 0 saturated heterocycles. The molecule has 2 heterocycles. The Morgan fingerprint density at radius 1 is 0.724 bits per heavy atom. The Morgan fingerprint density at radius 2 is 1.48 bits per heavy atom. The maximum absolute atomic E-state index is 4.54. The van der Waals surface area contributed by atoms with E-state index in [4.69, 9.17) is 0 Å². The van der Waals surface area contributed by atoms with Gasteiger partial charge in [-0.15, -0.1) is 10.2 Å². The molecule has 0 amide bonds. The van der Waals surface area contributed by atoms with Crippen LogP contribution in [0.3, 0.4) is 0 Å². The number of pyridine rings is 1. The fourth-order valence-corrected chi connectivity index (χ4v) is 3.72. The Morgan fingerprint density at radius 3 is 2.28 bits per heavy atom. The second kappa shape index (κ2) is 7.32. The summed E-state index contributed by atoms with van der Waals surface area (Å²) in [6.45, 7) is 2.10. The lowest BCUT2D eigenvalue weighted by Crippen LogP contribution is -2.03. The van der Waals surface area contributed by atoms with Crippen molar-refractivity contribution in [2.45, 2.75) is 13.3 Å². The molecule has 0 aliphatic heterocycles. The van der Waals surface area contributed by atoms with E-state index < -0.39 is 0 Å². The van der Waals surface area contributed by atoms with Crippen LogP contribution < -0.4 is 0 Å². The maximum atomic E-state index is 4.54. The zero-order chi connectivity index (χ0) is 19.6. The Balaban J connectivity index is 1.65. The number of fused-ring (bicyclic) bond motifs is 1. The van der Waals surface area contributed by atoms with Gasteiger partial charge in [0.1, 0.15) is 5.82 Å². The molecule has 0 spiro atoms. The number of nitrogens with zero attached hydrogens (tertiary/aromatic N) is 4. The molecule has 4 nitrogen and oxygen atoms in total. The predicted molar refractivity (Wildman–Crippen MR) is 117 cm³/mol. The Kier molecular flexibility index (Phi) is 4.37. The first-order valence-electron chi connectivity index (χ1n) is 9.78. The first-order valence-corrected chi connectivity index (χ1v) is 9.78. The number of aryl methyl sites for hydroxylation is 1. The third-order valence-corrected chi connectivity index (χ3v) is 5.20. The van der Waals surface area contributed by atoms with Gasteiger partial charge in [-0.05, 0) is 28.6 Å². The second-order valence-electron chi connectivity index (χ2n) is 6.95. The smallest absolute Gasteiger partial charge is 0.168 e. The van der Waals surface area contributed by atoms with Crippen molar-refractivity contribution in [2.75, 3.05) is 0 Å². The van der Waals surface area contributed by atoms with Crippen LogP contribution in [0.15, 0.2) is 91.3 Å². The van der Waals surface area contributed by atoms with Crippen LogP contribution in [0.1, 0.15) is 12.7 Å². The van der Waals surface area contributed by atoms with E-state index in [1.807, 2.05) is 24.5 Å². The van der Waals surface area contributed by atoms with Crippen LogP contribution in [0.4, 0.5) is 0 Å². The van der Waals surface area contributed by atoms with Crippen molar-refractivity contribution in [3.05, 3.63) is 97.1 Å². The van der Waals surface area contributed by atoms with Crippen LogP contribution in [0.2, 0.25) is 0 Å². The summed E-state index contributed by atoms with van der Waals surface area (Å²) in [5.74, 6) is 1.78. The lowest BCUT2D eigenvalue weighted by Gasteiger charge is -2.13. The van der Waals surface area contributed by atoms with E-state index in [1.165, 1.54) is 11.1 Å². The summed E-state index contributed by atoms with van der Waals surface area (Å²) in [5, 5.41) is 11.2. The molecule has 0 aliphatic carbocycles. The minimum atomic E-state index is 0.797. The minimum Gasteiger partial charge on any atom is -0.278 e. The zero-order valence-electron chi connectivity index (χ0n) is 16.2. The van der Waals surface area contributed by atoms with Crippen molar-refractivity contribution >= 4 is 10.8 Å². The highest BCUT2D eigenvalue weighted by Crippen LogP contribution is 2.29. The van der Waals surface area contributed by atoms with E-state index in [0.29, 0.717) is 0 Å². The summed E-state index contributed by atoms with van der Waals surface area (Å²) in [4.78, 5) is 4.33. The van der Waals surface area contributed by atoms with Gasteiger partial charge in [-0.25, -0.2) is 0 Å². The largest absolute Gasteiger partial charge is 0.278 e. The molecule has 2 aromatic heterocycles. The van der Waals surface area contributed by atoms with E-state index in [2.05, 4.69) is 93.4 Å². The summed E-state index contributed by atoms with van der Waals surface area (Å²) in [7, 11) is 0. The molecular formula is C25H20N4. The lowest BCUT2D eigenvalue weighted by atomic mass is 10.0. The fraction of sp³-hybridized carbons (Fsp3) is 0.0800. The number of aromatic nitrogens is 4. The number of rotatable bonds is 4. The van der Waals surface area contributed by atoms with Gasteiger partial charge in [0.25, 0.3) is 0 Å². The van der Waals surface area contributed by atoms with Gasteiger partial charge in [0.2, 0.25) is 0 Å². The highest BCUT2D eigenvalue weighted by Gasteiger charge is 2.16. The molecule has 5 rings (SSSR count). The number of benzene rings is 3. The molecule has 0 fully saturated rings. The topological polar surface area (TPSA) is 43.6 Å². The van der Waals surface area contributed by atoms with Gasteiger partial charge >= 0.3 is 0 Å². The van der Waals surface area contributed by atoms with E-state index in [-0.39, 0.29) is 0 Å². The normalized spacial score (nSPS) is 11.1. The average molecular weight is 376 g/mol. The molecule has 140 valence electrons. The van der Waals surface area contributed by atoms with Crippen LogP contribution in [0.25, 0.3) is 39.0 Å². The Bertz CT molecular complexity index is 1270. The molecule has 0 bridgehead atoms. The van der Waals surface area contributed by atoms with Gasteiger partial charge in [0, 0.05) is 29.8 Å². The molecular weight excluding hydrogens is 356 g/mol. The summed E-state index contributed by atoms with van der Waals surface area (Å²) >= 11 is 0. The Labute approximate surface area is 169 Å². The van der Waals surface area contributed by atoms with Gasteiger partial charge in [-0.2, -0.15) is 0 Å². The molecule has 0 atom stereocenters. The quantitative estimate of drug-likeness (QED) is 0.403. The Hall–Kier alpha value is -3.79. The summed E-state index contributed by atoms with van der Waals surface area (Å²) in [6.07, 6.45) is 4.53. The van der Waals surface area contributed by atoms with Crippen molar-refractivity contribution in [3.63, 3.8) is 0 Å². The average Bonchev–Trinajstić information content (AvgIpc) is 3.23. The van der Waals surface area contributed by atoms with Crippen molar-refractivity contribution in [1.29, 1.82) is 0 Å². The third kappa shape index (κ3) is 3.09. The summed E-state index contributed by atoms with van der Waals surface area (Å²) < 4.78 is 2.15. The van der Waals surface area contributed by atoms with Crippen molar-refractivity contribution in [1.82, 2.24) is 19.7 Å². The van der Waals surface area contributed by atoms with Crippen molar-refractivity contribution in [3.8, 4) is 28.2 Å². The molecule has 0 radical (unpaired) electrons. The van der Waals surface area contributed by atoms with Gasteiger partial charge in [0.05, 0.1) is 5.69 Å². The van der Waals surface area contributed by atoms with E-state index in [0.717, 1.165) is 40.1 Å². The molecule has 0 saturated carbocycles. The highest BCUT2D eigenvalue weighted by atomic mass is 15.3. The molecule has 5 aromatic rings. The second-order valence-corrected chi connectivity index (χ2v) is 6.95. The van der Waals surface area contributed by atoms with Crippen molar-refractivity contribution in [2.24, 2.45) is 0 Å². The third-order valence-electron chi connectivity index (χ3n) is 5.20. The lowest BCUT2D eigenvalue weighted by molar-refractivity contribution is 0.888. The molecule has 0 N–H and O–H groups in total. The molecule has 3 aromatic carbocycles. The molecule has 0 unspecified atom stereocenters. The SMILES string of the molecule is CCc1nnc(-c2ccc(-c3ccccc3)cc2)n1-c1cccc2ccncc12.